The summed E-state index contributed by atoms with van der Waals surface area (Å²) in [7, 11) is -4.11. The number of ether oxygens (including phenoxy) is 1. The fourth-order valence-corrected chi connectivity index (χ4v) is 4.92. The highest BCUT2D eigenvalue weighted by molar-refractivity contribution is 7.90. The number of benzene rings is 1. The number of unbranched alkanes of at least 4 members (excludes halogenated alkanes) is 5. The smallest absolute Gasteiger partial charge is 0.408 e. The summed E-state index contributed by atoms with van der Waals surface area (Å²) in [5.41, 5.74) is -1.24. The SMILES string of the molecule is C=CCCCCCCCc1cccc(S(=O)(=O)NC(=O)[C@@]2(NC(=O)OC(C)(C)C)C[C@H]2C=C)c1. The highest BCUT2D eigenvalue weighted by Crippen LogP contribution is 2.45. The normalized spacial score (nSPS) is 19.7. The summed E-state index contributed by atoms with van der Waals surface area (Å²) in [6, 6.07) is 6.62. The summed E-state index contributed by atoms with van der Waals surface area (Å²) in [5.74, 6) is -1.18. The van der Waals surface area contributed by atoms with Gasteiger partial charge in [-0.2, -0.15) is 0 Å². The van der Waals surface area contributed by atoms with Crippen LogP contribution in [0.25, 0.3) is 0 Å². The van der Waals surface area contributed by atoms with E-state index in [-0.39, 0.29) is 17.2 Å². The Morgan fingerprint density at radius 3 is 2.44 bits per heavy atom. The molecule has 7 nitrogen and oxygen atoms in total. The lowest BCUT2D eigenvalue weighted by Gasteiger charge is -2.23. The molecule has 0 aliphatic heterocycles. The first kappa shape index (κ1) is 27.6. The first-order valence-electron chi connectivity index (χ1n) is 11.8. The number of allylic oxidation sites excluding steroid dienone is 1. The van der Waals surface area contributed by atoms with Crippen molar-refractivity contribution in [1.82, 2.24) is 10.0 Å². The van der Waals surface area contributed by atoms with Gasteiger partial charge in [0.1, 0.15) is 11.1 Å². The number of carbonyl (C=O) groups is 2. The average Bonchev–Trinajstić information content (AvgIpc) is 3.45. The Labute approximate surface area is 204 Å². The predicted molar refractivity (Wildman–Crippen MR) is 134 cm³/mol. The lowest BCUT2D eigenvalue weighted by molar-refractivity contribution is -0.122. The van der Waals surface area contributed by atoms with Gasteiger partial charge in [-0.15, -0.1) is 13.2 Å². The second-order valence-corrected chi connectivity index (χ2v) is 11.5. The molecule has 2 rings (SSSR count). The Hall–Kier alpha value is -2.61. The summed E-state index contributed by atoms with van der Waals surface area (Å²) in [6.45, 7) is 12.5. The minimum atomic E-state index is -4.11. The number of hydrogen-bond donors (Lipinski definition) is 2. The summed E-state index contributed by atoms with van der Waals surface area (Å²) in [5, 5.41) is 2.55. The second-order valence-electron chi connectivity index (χ2n) is 9.82. The highest BCUT2D eigenvalue weighted by atomic mass is 32.2. The number of hydrogen-bond acceptors (Lipinski definition) is 5. The van der Waals surface area contributed by atoms with Crippen LogP contribution >= 0.6 is 0 Å². The van der Waals surface area contributed by atoms with E-state index in [9.17, 15) is 18.0 Å². The molecule has 0 bridgehead atoms. The summed E-state index contributed by atoms with van der Waals surface area (Å²) in [6.07, 6.45) is 10.2. The number of carbonyl (C=O) groups excluding carboxylic acids is 2. The first-order chi connectivity index (χ1) is 15.9. The lowest BCUT2D eigenvalue weighted by Crippen LogP contribution is -2.52. The van der Waals surface area contributed by atoms with Crippen LogP contribution in [0, 0.1) is 5.92 Å². The molecule has 8 heteroatoms. The fraction of sp³-hybridized carbons (Fsp3) is 0.538. The molecule has 34 heavy (non-hydrogen) atoms. The third kappa shape index (κ3) is 8.01. The van der Waals surface area contributed by atoms with Crippen LogP contribution in [0.3, 0.4) is 0 Å². The highest BCUT2D eigenvalue weighted by Gasteiger charge is 2.61. The number of aryl methyl sites for hydroxylation is 1. The van der Waals surface area contributed by atoms with Crippen molar-refractivity contribution in [2.45, 2.75) is 88.2 Å². The number of sulfonamides is 1. The van der Waals surface area contributed by atoms with Crippen molar-refractivity contribution in [2.75, 3.05) is 0 Å². The molecule has 1 fully saturated rings. The molecule has 2 atom stereocenters. The maximum Gasteiger partial charge on any atom is 0.408 e. The van der Waals surface area contributed by atoms with E-state index in [1.807, 2.05) is 12.1 Å². The Balaban J connectivity index is 2.00. The predicted octanol–water partition coefficient (Wildman–Crippen LogP) is 5.03. The van der Waals surface area contributed by atoms with E-state index >= 15 is 0 Å². The third-order valence-electron chi connectivity index (χ3n) is 5.74. The van der Waals surface area contributed by atoms with Crippen LogP contribution in [0.5, 0.6) is 0 Å². The molecule has 2 N–H and O–H groups in total. The van der Waals surface area contributed by atoms with E-state index < -0.39 is 33.2 Å². The van der Waals surface area contributed by atoms with Crippen molar-refractivity contribution in [1.29, 1.82) is 0 Å². The molecule has 0 aromatic heterocycles. The van der Waals surface area contributed by atoms with Gasteiger partial charge in [-0.25, -0.2) is 17.9 Å². The lowest BCUT2D eigenvalue weighted by atomic mass is 10.1. The molecule has 0 heterocycles. The molecule has 0 radical (unpaired) electrons. The van der Waals surface area contributed by atoms with Crippen LogP contribution in [0.15, 0.2) is 54.5 Å². The van der Waals surface area contributed by atoms with Crippen LogP contribution in [0.1, 0.15) is 71.3 Å². The third-order valence-corrected chi connectivity index (χ3v) is 7.07. The van der Waals surface area contributed by atoms with Gasteiger partial charge in [-0.1, -0.05) is 43.5 Å². The van der Waals surface area contributed by atoms with Crippen molar-refractivity contribution in [3.05, 3.63) is 55.1 Å². The van der Waals surface area contributed by atoms with Gasteiger partial charge < -0.3 is 10.1 Å². The van der Waals surface area contributed by atoms with E-state index in [0.29, 0.717) is 0 Å². The zero-order valence-corrected chi connectivity index (χ0v) is 21.4. The molecule has 1 saturated carbocycles. The van der Waals surface area contributed by atoms with E-state index in [0.717, 1.165) is 50.5 Å². The maximum absolute atomic E-state index is 13.0. The topological polar surface area (TPSA) is 102 Å². The molecule has 1 aliphatic carbocycles. The van der Waals surface area contributed by atoms with Gasteiger partial charge in [0.2, 0.25) is 0 Å². The summed E-state index contributed by atoms with van der Waals surface area (Å²) < 4.78 is 33.3. The Morgan fingerprint density at radius 2 is 1.82 bits per heavy atom. The van der Waals surface area contributed by atoms with Crippen LogP contribution < -0.4 is 10.0 Å². The minimum absolute atomic E-state index is 0.0209. The van der Waals surface area contributed by atoms with E-state index in [2.05, 4.69) is 23.2 Å². The van der Waals surface area contributed by atoms with E-state index in [4.69, 9.17) is 4.74 Å². The molecule has 1 aromatic carbocycles. The van der Waals surface area contributed by atoms with Crippen molar-refractivity contribution in [2.24, 2.45) is 5.92 Å². The van der Waals surface area contributed by atoms with Crippen LogP contribution in [-0.4, -0.2) is 31.6 Å². The van der Waals surface area contributed by atoms with Gasteiger partial charge in [-0.05, 0) is 70.6 Å². The summed E-state index contributed by atoms with van der Waals surface area (Å²) >= 11 is 0. The maximum atomic E-state index is 13.0. The second kappa shape index (κ2) is 11.7. The van der Waals surface area contributed by atoms with Crippen LogP contribution in [-0.2, 0) is 26.0 Å². The fourth-order valence-electron chi connectivity index (χ4n) is 3.81. The van der Waals surface area contributed by atoms with Crippen molar-refractivity contribution in [3.63, 3.8) is 0 Å². The molecular formula is C26H38N2O5S. The van der Waals surface area contributed by atoms with Crippen LogP contribution in [0.4, 0.5) is 4.79 Å². The molecule has 1 aromatic rings. The zero-order valence-electron chi connectivity index (χ0n) is 20.6. The molecule has 0 spiro atoms. The molecule has 0 unspecified atom stereocenters. The number of alkyl carbamates (subject to hydrolysis) is 1. The van der Waals surface area contributed by atoms with Gasteiger partial charge in [0, 0.05) is 5.92 Å². The molecule has 2 amide bonds. The molecule has 0 saturated heterocycles. The standard InChI is InChI=1S/C26H38N2O5S/c1-6-8-9-10-11-12-13-15-20-16-14-17-22(18-20)34(31,32)28-23(29)26(19-21(26)7-2)27-24(30)33-25(3,4)5/h6-7,14,16-18,21H,1-2,8-13,15,19H2,3-5H3,(H,27,30)(H,28,29)/t21-,26-/m1/s1. The Morgan fingerprint density at radius 1 is 1.15 bits per heavy atom. The van der Waals surface area contributed by atoms with Gasteiger partial charge in [0.25, 0.3) is 15.9 Å². The molecular weight excluding hydrogens is 452 g/mol. The van der Waals surface area contributed by atoms with Gasteiger partial charge in [0.15, 0.2) is 0 Å². The Kier molecular flexibility index (Phi) is 9.50. The van der Waals surface area contributed by atoms with E-state index in [1.165, 1.54) is 12.1 Å². The van der Waals surface area contributed by atoms with E-state index in [1.54, 1.807) is 32.9 Å². The first-order valence-corrected chi connectivity index (χ1v) is 13.3. The molecule has 1 aliphatic rings. The van der Waals surface area contributed by atoms with Gasteiger partial charge in [0.05, 0.1) is 4.90 Å². The molecule has 188 valence electrons. The summed E-state index contributed by atoms with van der Waals surface area (Å²) in [4.78, 5) is 25.3. The average molecular weight is 491 g/mol. The zero-order chi connectivity index (χ0) is 25.4. The number of amides is 2. The van der Waals surface area contributed by atoms with Crippen molar-refractivity contribution in [3.8, 4) is 0 Å². The van der Waals surface area contributed by atoms with Gasteiger partial charge >= 0.3 is 6.09 Å². The quantitative estimate of drug-likeness (QED) is 0.298. The largest absolute Gasteiger partial charge is 0.444 e. The monoisotopic (exact) mass is 490 g/mol. The van der Waals surface area contributed by atoms with Crippen molar-refractivity contribution >= 4 is 22.0 Å². The Bertz CT molecular complexity index is 997. The number of rotatable bonds is 13. The minimum Gasteiger partial charge on any atom is -0.444 e. The van der Waals surface area contributed by atoms with Gasteiger partial charge in [-0.3, -0.25) is 4.79 Å². The van der Waals surface area contributed by atoms with Crippen molar-refractivity contribution < 1.29 is 22.7 Å². The van der Waals surface area contributed by atoms with Crippen LogP contribution in [0.2, 0.25) is 0 Å². The number of nitrogens with one attached hydrogen (secondary N) is 2.